The fraction of sp³-hybridized carbons (Fsp3) is 0.150. The standard InChI is InChI=1S/C20H16Cl3NO2S/c1-11(12-6-3-2-4-7-12)24-20(26)16-15(18(22)27-19(16)23)17(25)13-8-5-9-14(21)10-13/h2-11,17,25H,1H3,(H,24,26)/t11-,17?/m0/s1. The summed E-state index contributed by atoms with van der Waals surface area (Å²) < 4.78 is 0.499. The fourth-order valence-electron chi connectivity index (χ4n) is 2.78. The van der Waals surface area contributed by atoms with Gasteiger partial charge in [-0.25, -0.2) is 0 Å². The molecule has 0 aliphatic rings. The predicted molar refractivity (Wildman–Crippen MR) is 112 cm³/mol. The van der Waals surface area contributed by atoms with Crippen LogP contribution in [-0.2, 0) is 0 Å². The largest absolute Gasteiger partial charge is 0.384 e. The molecule has 0 bridgehead atoms. The van der Waals surface area contributed by atoms with E-state index in [2.05, 4.69) is 5.32 Å². The number of halogens is 3. The smallest absolute Gasteiger partial charge is 0.254 e. The third-order valence-corrected chi connectivity index (χ3v) is 6.04. The van der Waals surface area contributed by atoms with Gasteiger partial charge in [0, 0.05) is 10.6 Å². The molecule has 1 unspecified atom stereocenters. The number of aliphatic hydroxyl groups is 1. The lowest BCUT2D eigenvalue weighted by Gasteiger charge is -2.17. The zero-order valence-corrected chi connectivity index (χ0v) is 17.3. The van der Waals surface area contributed by atoms with Crippen molar-refractivity contribution in [1.29, 1.82) is 0 Å². The monoisotopic (exact) mass is 439 g/mol. The summed E-state index contributed by atoms with van der Waals surface area (Å²) in [6.45, 7) is 1.88. The van der Waals surface area contributed by atoms with Crippen LogP contribution in [0.5, 0.6) is 0 Å². The molecule has 0 radical (unpaired) electrons. The van der Waals surface area contributed by atoms with Crippen LogP contribution in [0, 0.1) is 0 Å². The summed E-state index contributed by atoms with van der Waals surface area (Å²) in [5.74, 6) is -0.393. The van der Waals surface area contributed by atoms with E-state index < -0.39 is 12.0 Å². The van der Waals surface area contributed by atoms with E-state index in [9.17, 15) is 9.90 Å². The Morgan fingerprint density at radius 2 is 1.67 bits per heavy atom. The van der Waals surface area contributed by atoms with Crippen LogP contribution in [0.25, 0.3) is 0 Å². The Kier molecular flexibility index (Phi) is 6.45. The number of nitrogens with one attached hydrogen (secondary N) is 1. The van der Waals surface area contributed by atoms with E-state index in [1.54, 1.807) is 24.3 Å². The van der Waals surface area contributed by atoms with Crippen LogP contribution in [0.3, 0.4) is 0 Å². The first-order chi connectivity index (χ1) is 12.9. The number of rotatable bonds is 5. The maximum absolute atomic E-state index is 12.9. The van der Waals surface area contributed by atoms with Crippen LogP contribution in [0.2, 0.25) is 13.7 Å². The molecule has 3 nitrogen and oxygen atoms in total. The van der Waals surface area contributed by atoms with Gasteiger partial charge < -0.3 is 10.4 Å². The van der Waals surface area contributed by atoms with Crippen molar-refractivity contribution in [3.05, 3.63) is 90.5 Å². The average Bonchev–Trinajstić information content (AvgIpc) is 2.95. The number of thiophene rings is 1. The Labute approximate surface area is 176 Å². The van der Waals surface area contributed by atoms with Gasteiger partial charge in [-0.05, 0) is 30.2 Å². The minimum absolute atomic E-state index is 0.182. The molecule has 1 heterocycles. The Morgan fingerprint density at radius 3 is 2.33 bits per heavy atom. The van der Waals surface area contributed by atoms with Crippen LogP contribution in [0.1, 0.15) is 46.1 Å². The highest BCUT2D eigenvalue weighted by Gasteiger charge is 2.28. The van der Waals surface area contributed by atoms with Gasteiger partial charge in [0.25, 0.3) is 5.91 Å². The molecule has 0 aliphatic carbocycles. The van der Waals surface area contributed by atoms with Gasteiger partial charge >= 0.3 is 0 Å². The molecular formula is C20H16Cl3NO2S. The van der Waals surface area contributed by atoms with Crippen LogP contribution in [-0.4, -0.2) is 11.0 Å². The molecule has 0 saturated carbocycles. The lowest BCUT2D eigenvalue weighted by atomic mass is 10.00. The number of amides is 1. The second-order valence-electron chi connectivity index (χ2n) is 6.00. The average molecular weight is 441 g/mol. The number of hydrogen-bond donors (Lipinski definition) is 2. The van der Waals surface area contributed by atoms with E-state index in [0.717, 1.165) is 16.9 Å². The van der Waals surface area contributed by atoms with Crippen molar-refractivity contribution in [2.75, 3.05) is 0 Å². The SMILES string of the molecule is C[C@H](NC(=O)c1c(Cl)sc(Cl)c1C(O)c1cccc(Cl)c1)c1ccccc1. The highest BCUT2D eigenvalue weighted by molar-refractivity contribution is 7.20. The molecule has 3 aromatic rings. The summed E-state index contributed by atoms with van der Waals surface area (Å²) in [6, 6.07) is 16.1. The van der Waals surface area contributed by atoms with Gasteiger partial charge in [0.05, 0.1) is 11.6 Å². The summed E-state index contributed by atoms with van der Waals surface area (Å²) >= 11 is 19.6. The van der Waals surface area contributed by atoms with E-state index >= 15 is 0 Å². The molecule has 1 amide bonds. The van der Waals surface area contributed by atoms with Crippen molar-refractivity contribution in [2.24, 2.45) is 0 Å². The predicted octanol–water partition coefficient (Wildman–Crippen LogP) is 6.28. The summed E-state index contributed by atoms with van der Waals surface area (Å²) in [7, 11) is 0. The Balaban J connectivity index is 1.93. The van der Waals surface area contributed by atoms with E-state index in [1.165, 1.54) is 0 Å². The first kappa shape index (κ1) is 20.2. The van der Waals surface area contributed by atoms with Gasteiger partial charge in [0.15, 0.2) is 0 Å². The van der Waals surface area contributed by atoms with E-state index in [0.29, 0.717) is 10.6 Å². The zero-order chi connectivity index (χ0) is 19.6. The summed E-state index contributed by atoms with van der Waals surface area (Å²) in [5.41, 5.74) is 1.96. The molecule has 0 fully saturated rings. The quantitative estimate of drug-likeness (QED) is 0.490. The summed E-state index contributed by atoms with van der Waals surface area (Å²) in [4.78, 5) is 12.9. The molecule has 3 rings (SSSR count). The van der Waals surface area contributed by atoms with Gasteiger partial charge in [-0.2, -0.15) is 0 Å². The highest BCUT2D eigenvalue weighted by Crippen LogP contribution is 2.42. The van der Waals surface area contributed by atoms with E-state index in [1.807, 2.05) is 37.3 Å². The normalized spacial score (nSPS) is 13.2. The molecule has 27 heavy (non-hydrogen) atoms. The number of benzene rings is 2. The van der Waals surface area contributed by atoms with Crippen molar-refractivity contribution in [1.82, 2.24) is 5.32 Å². The van der Waals surface area contributed by atoms with Gasteiger partial charge in [-0.1, -0.05) is 77.3 Å². The number of aliphatic hydroxyl groups excluding tert-OH is 1. The first-order valence-electron chi connectivity index (χ1n) is 8.15. The minimum Gasteiger partial charge on any atom is -0.384 e. The lowest BCUT2D eigenvalue weighted by Crippen LogP contribution is -2.27. The van der Waals surface area contributed by atoms with Gasteiger partial charge in [0.2, 0.25) is 0 Å². The second-order valence-corrected chi connectivity index (χ2v) is 8.66. The van der Waals surface area contributed by atoms with Gasteiger partial charge in [-0.15, -0.1) is 11.3 Å². The fourth-order valence-corrected chi connectivity index (χ4v) is 4.73. The highest BCUT2D eigenvalue weighted by atomic mass is 35.5. The van der Waals surface area contributed by atoms with Crippen molar-refractivity contribution < 1.29 is 9.90 Å². The Hall–Kier alpha value is -1.56. The number of hydrogen-bond acceptors (Lipinski definition) is 3. The Morgan fingerprint density at radius 1 is 1.00 bits per heavy atom. The zero-order valence-electron chi connectivity index (χ0n) is 14.2. The molecule has 2 aromatic carbocycles. The molecule has 2 atom stereocenters. The molecule has 0 spiro atoms. The molecule has 0 aliphatic heterocycles. The van der Waals surface area contributed by atoms with Gasteiger partial charge in [-0.3, -0.25) is 4.79 Å². The number of carbonyl (C=O) groups is 1. The maximum Gasteiger partial charge on any atom is 0.254 e. The van der Waals surface area contributed by atoms with Crippen LogP contribution in [0.15, 0.2) is 54.6 Å². The summed E-state index contributed by atoms with van der Waals surface area (Å²) in [5, 5.41) is 14.2. The topological polar surface area (TPSA) is 49.3 Å². The molecule has 7 heteroatoms. The maximum atomic E-state index is 12.9. The molecule has 1 aromatic heterocycles. The third kappa shape index (κ3) is 4.48. The molecule has 2 N–H and O–H groups in total. The first-order valence-corrected chi connectivity index (χ1v) is 10.1. The number of carbonyl (C=O) groups excluding carboxylic acids is 1. The van der Waals surface area contributed by atoms with Crippen molar-refractivity contribution >= 4 is 52.0 Å². The third-order valence-electron chi connectivity index (χ3n) is 4.17. The summed E-state index contributed by atoms with van der Waals surface area (Å²) in [6.07, 6.45) is -1.12. The van der Waals surface area contributed by atoms with E-state index in [4.69, 9.17) is 34.8 Å². The van der Waals surface area contributed by atoms with Crippen LogP contribution < -0.4 is 5.32 Å². The van der Waals surface area contributed by atoms with Gasteiger partial charge in [0.1, 0.15) is 14.8 Å². The van der Waals surface area contributed by atoms with E-state index in [-0.39, 0.29) is 25.8 Å². The minimum atomic E-state index is -1.12. The van der Waals surface area contributed by atoms with Crippen molar-refractivity contribution in [3.8, 4) is 0 Å². The second kappa shape index (κ2) is 8.63. The molecule has 0 saturated heterocycles. The van der Waals surface area contributed by atoms with Crippen molar-refractivity contribution in [3.63, 3.8) is 0 Å². The Bertz CT molecular complexity index is 959. The lowest BCUT2D eigenvalue weighted by molar-refractivity contribution is 0.0935. The van der Waals surface area contributed by atoms with Crippen LogP contribution >= 0.6 is 46.1 Å². The van der Waals surface area contributed by atoms with Crippen LogP contribution in [0.4, 0.5) is 0 Å². The molecular weight excluding hydrogens is 425 g/mol. The molecule has 140 valence electrons. The van der Waals surface area contributed by atoms with Crippen molar-refractivity contribution in [2.45, 2.75) is 19.1 Å².